The van der Waals surface area contributed by atoms with Gasteiger partial charge in [0.05, 0.1) is 12.0 Å². The highest BCUT2D eigenvalue weighted by Crippen LogP contribution is 2.41. The first-order valence-corrected chi connectivity index (χ1v) is 9.75. The van der Waals surface area contributed by atoms with E-state index < -0.39 is 11.9 Å². The van der Waals surface area contributed by atoms with E-state index >= 15 is 0 Å². The summed E-state index contributed by atoms with van der Waals surface area (Å²) in [6, 6.07) is 8.31. The van der Waals surface area contributed by atoms with E-state index in [2.05, 4.69) is 42.0 Å². The first kappa shape index (κ1) is 21.3. The summed E-state index contributed by atoms with van der Waals surface area (Å²) in [5.74, 6) is -2.19. The van der Waals surface area contributed by atoms with E-state index in [4.69, 9.17) is 10.2 Å². The molecular weight excluding hydrogens is 386 g/mol. The van der Waals surface area contributed by atoms with Crippen LogP contribution in [0, 0.1) is 5.92 Å². The van der Waals surface area contributed by atoms with Crippen LogP contribution in [0.15, 0.2) is 42.7 Å². The highest BCUT2D eigenvalue weighted by atomic mass is 16.4. The summed E-state index contributed by atoms with van der Waals surface area (Å²) in [5.41, 5.74) is 4.66. The summed E-state index contributed by atoms with van der Waals surface area (Å²) in [4.78, 5) is 41.7. The zero-order chi connectivity index (χ0) is 21.9. The molecule has 1 aliphatic carbocycles. The van der Waals surface area contributed by atoms with Crippen molar-refractivity contribution >= 4 is 23.5 Å². The van der Waals surface area contributed by atoms with Gasteiger partial charge in [-0.15, -0.1) is 0 Å². The lowest BCUT2D eigenvalue weighted by atomic mass is 9.87. The minimum atomic E-state index is -1.26. The number of aromatic amines is 1. The Morgan fingerprint density at radius 3 is 2.50 bits per heavy atom. The van der Waals surface area contributed by atoms with Gasteiger partial charge in [0.2, 0.25) is 5.91 Å². The van der Waals surface area contributed by atoms with Gasteiger partial charge in [-0.05, 0) is 24.5 Å². The number of aryl methyl sites for hydroxylation is 1. The number of nitrogens with zero attached hydrogens (tertiary/aromatic N) is 2. The highest BCUT2D eigenvalue weighted by molar-refractivity contribution is 5.98. The van der Waals surface area contributed by atoms with Crippen LogP contribution in [0.3, 0.4) is 0 Å². The maximum absolute atomic E-state index is 13.1. The molecule has 2 aliphatic rings. The molecule has 0 spiro atoms. The van der Waals surface area contributed by atoms with E-state index in [1.807, 2.05) is 11.0 Å². The van der Waals surface area contributed by atoms with Crippen molar-refractivity contribution in [3.63, 3.8) is 0 Å². The van der Waals surface area contributed by atoms with E-state index in [0.717, 1.165) is 42.9 Å². The first-order chi connectivity index (χ1) is 14.2. The lowest BCUT2D eigenvalue weighted by Gasteiger charge is -2.27. The number of aromatic nitrogens is 2. The van der Waals surface area contributed by atoms with Gasteiger partial charge in [0.15, 0.2) is 0 Å². The average Bonchev–Trinajstić information content (AvgIpc) is 3.28. The fourth-order valence-corrected chi connectivity index (χ4v) is 4.02. The third kappa shape index (κ3) is 4.59. The molecule has 2 aromatic rings. The van der Waals surface area contributed by atoms with Gasteiger partial charge in [0.25, 0.3) is 0 Å². The molecule has 1 aromatic carbocycles. The molecule has 3 N–H and O–H groups in total. The second kappa shape index (κ2) is 8.52. The Balaban J connectivity index is 0.000000275. The Bertz CT molecular complexity index is 976. The van der Waals surface area contributed by atoms with Gasteiger partial charge in [0, 0.05) is 47.8 Å². The predicted molar refractivity (Wildman–Crippen MR) is 110 cm³/mol. The number of para-hydroxylation sites is 1. The topological polar surface area (TPSA) is 124 Å². The zero-order valence-electron chi connectivity index (χ0n) is 17.0. The minimum Gasteiger partial charge on any atom is -0.478 e. The smallest absolute Gasteiger partial charge is 0.328 e. The zero-order valence-corrected chi connectivity index (χ0v) is 17.0. The summed E-state index contributed by atoms with van der Waals surface area (Å²) in [6.45, 7) is 5.21. The molecule has 2 heterocycles. The summed E-state index contributed by atoms with van der Waals surface area (Å²) in [6.07, 6.45) is 5.44. The number of hydrogen-bond donors (Lipinski definition) is 3. The molecule has 4 rings (SSSR count). The second-order valence-corrected chi connectivity index (χ2v) is 8.10. The van der Waals surface area contributed by atoms with Gasteiger partial charge >= 0.3 is 11.9 Å². The molecule has 30 heavy (non-hydrogen) atoms. The number of carboxylic acid groups (broad SMARTS) is 2. The number of carboxylic acids is 2. The second-order valence-electron chi connectivity index (χ2n) is 8.10. The lowest BCUT2D eigenvalue weighted by molar-refractivity contribution is -0.134. The summed E-state index contributed by atoms with van der Waals surface area (Å²) in [5, 5.41) is 15.6. The van der Waals surface area contributed by atoms with Crippen molar-refractivity contribution < 1.29 is 24.6 Å². The van der Waals surface area contributed by atoms with Gasteiger partial charge in [-0.1, -0.05) is 32.0 Å². The van der Waals surface area contributed by atoms with Crippen molar-refractivity contribution in [1.29, 1.82) is 0 Å². The van der Waals surface area contributed by atoms with E-state index in [1.54, 1.807) is 6.33 Å². The quantitative estimate of drug-likeness (QED) is 0.667. The van der Waals surface area contributed by atoms with Crippen molar-refractivity contribution in [2.45, 2.75) is 38.5 Å². The number of nitrogens with one attached hydrogen (secondary N) is 1. The number of amides is 1. The van der Waals surface area contributed by atoms with Crippen molar-refractivity contribution in [3.05, 3.63) is 59.7 Å². The predicted octanol–water partition coefficient (Wildman–Crippen LogP) is 2.55. The summed E-state index contributed by atoms with van der Waals surface area (Å²) >= 11 is 0. The molecule has 1 unspecified atom stereocenters. The minimum absolute atomic E-state index is 0.0278. The third-order valence-electron chi connectivity index (χ3n) is 5.45. The Morgan fingerprint density at radius 1 is 1.17 bits per heavy atom. The number of anilines is 1. The van der Waals surface area contributed by atoms with Crippen LogP contribution in [-0.2, 0) is 32.6 Å². The van der Waals surface area contributed by atoms with Crippen LogP contribution in [0.2, 0.25) is 0 Å². The molecule has 0 saturated carbocycles. The molecule has 1 aromatic heterocycles. The van der Waals surface area contributed by atoms with Crippen LogP contribution in [-0.4, -0.2) is 44.6 Å². The molecule has 0 radical (unpaired) electrons. The number of carbonyl (C=O) groups is 3. The molecule has 1 atom stereocenters. The monoisotopic (exact) mass is 411 g/mol. The molecule has 158 valence electrons. The summed E-state index contributed by atoms with van der Waals surface area (Å²) in [7, 11) is 0. The Hall–Kier alpha value is -3.42. The van der Waals surface area contributed by atoms with Gasteiger partial charge < -0.3 is 20.1 Å². The van der Waals surface area contributed by atoms with Crippen molar-refractivity contribution in [3.8, 4) is 0 Å². The van der Waals surface area contributed by atoms with Crippen LogP contribution in [0.1, 0.15) is 37.2 Å². The largest absolute Gasteiger partial charge is 0.478 e. The average molecular weight is 411 g/mol. The van der Waals surface area contributed by atoms with Gasteiger partial charge in [0.1, 0.15) is 0 Å². The van der Waals surface area contributed by atoms with Gasteiger partial charge in [-0.3, -0.25) is 4.79 Å². The number of hydrogen-bond acceptors (Lipinski definition) is 4. The molecule has 0 bridgehead atoms. The fraction of sp³-hybridized carbons (Fsp3) is 0.364. The molecular formula is C22H25N3O5. The Kier molecular flexibility index (Phi) is 6.05. The van der Waals surface area contributed by atoms with Crippen molar-refractivity contribution in [2.75, 3.05) is 11.4 Å². The van der Waals surface area contributed by atoms with Crippen LogP contribution in [0.5, 0.6) is 0 Å². The van der Waals surface area contributed by atoms with Crippen molar-refractivity contribution in [1.82, 2.24) is 9.97 Å². The van der Waals surface area contributed by atoms with Crippen LogP contribution >= 0.6 is 0 Å². The SMILES string of the molecule is CC1(C)CN(C(=O)C2CCc3nc[nH]c3C2)c2ccccc21.O=C(O)C=CC(=O)O. The number of aliphatic carboxylic acids is 2. The molecule has 1 amide bonds. The maximum Gasteiger partial charge on any atom is 0.328 e. The maximum atomic E-state index is 13.1. The normalized spacial score (nSPS) is 18.9. The molecule has 8 nitrogen and oxygen atoms in total. The number of benzene rings is 1. The lowest BCUT2D eigenvalue weighted by Crippen LogP contribution is -2.40. The standard InChI is InChI=1S/C18H21N3O.C4H4O4/c1-18(2)10-21(16-6-4-3-5-13(16)18)17(22)12-7-8-14-15(9-12)20-11-19-14;5-3(6)1-2-4(7)8/h3-6,11-12H,7-10H2,1-2H3,(H,19,20);1-2H,(H,5,6)(H,7,8). The van der Waals surface area contributed by atoms with E-state index in [1.165, 1.54) is 5.56 Å². The number of H-pyrrole nitrogens is 1. The Morgan fingerprint density at radius 2 is 1.83 bits per heavy atom. The van der Waals surface area contributed by atoms with E-state index in [0.29, 0.717) is 12.2 Å². The molecule has 0 fully saturated rings. The van der Waals surface area contributed by atoms with Crippen molar-refractivity contribution in [2.24, 2.45) is 5.92 Å². The van der Waals surface area contributed by atoms with Crippen LogP contribution < -0.4 is 4.90 Å². The first-order valence-electron chi connectivity index (χ1n) is 9.75. The molecule has 0 saturated heterocycles. The van der Waals surface area contributed by atoms with E-state index in [9.17, 15) is 14.4 Å². The fourth-order valence-electron chi connectivity index (χ4n) is 4.02. The van der Waals surface area contributed by atoms with Gasteiger partial charge in [-0.25, -0.2) is 14.6 Å². The van der Waals surface area contributed by atoms with Crippen LogP contribution in [0.25, 0.3) is 0 Å². The third-order valence-corrected chi connectivity index (χ3v) is 5.45. The van der Waals surface area contributed by atoms with Crippen LogP contribution in [0.4, 0.5) is 5.69 Å². The van der Waals surface area contributed by atoms with Gasteiger partial charge in [-0.2, -0.15) is 0 Å². The van der Waals surface area contributed by atoms with E-state index in [-0.39, 0.29) is 17.2 Å². The Labute approximate surface area is 174 Å². The molecule has 8 heteroatoms. The number of fused-ring (bicyclic) bond motifs is 2. The number of imidazole rings is 1. The number of rotatable bonds is 3. The summed E-state index contributed by atoms with van der Waals surface area (Å²) < 4.78 is 0. The number of carbonyl (C=O) groups excluding carboxylic acids is 1. The highest BCUT2D eigenvalue weighted by Gasteiger charge is 2.40. The molecule has 1 aliphatic heterocycles.